The molecule has 0 aromatic heterocycles. The van der Waals surface area contributed by atoms with E-state index < -0.39 is 11.9 Å². The Morgan fingerprint density at radius 1 is 0.933 bits per heavy atom. The van der Waals surface area contributed by atoms with E-state index in [4.69, 9.17) is 33.4 Å². The Labute approximate surface area is 110 Å². The van der Waals surface area contributed by atoms with Gasteiger partial charge in [0.05, 0.1) is 0 Å². The van der Waals surface area contributed by atoms with Crippen molar-refractivity contribution in [2.45, 2.75) is 13.8 Å². The number of halogens is 2. The monoisotopic (exact) mass is 304 g/mol. The van der Waals surface area contributed by atoms with Gasteiger partial charge in [0.1, 0.15) is 0 Å². The van der Waals surface area contributed by atoms with E-state index >= 15 is 0 Å². The molecule has 0 rings (SSSR count). The molecule has 2 N–H and O–H groups in total. The van der Waals surface area contributed by atoms with Gasteiger partial charge in [0.15, 0.2) is 0 Å². The molecule has 0 aromatic rings. The first kappa shape index (κ1) is 20.1. The zero-order valence-electron chi connectivity index (χ0n) is 8.33. The quantitative estimate of drug-likeness (QED) is 0.607. The molecule has 4 nitrogen and oxygen atoms in total. The van der Waals surface area contributed by atoms with Gasteiger partial charge < -0.3 is 10.2 Å². The van der Waals surface area contributed by atoms with E-state index in [0.717, 1.165) is 12.2 Å². The molecule has 0 unspecified atom stereocenters. The number of hydrogen-bond acceptors (Lipinski definition) is 2. The molecule has 0 amide bonds. The molecule has 0 aliphatic heterocycles. The summed E-state index contributed by atoms with van der Waals surface area (Å²) in [4.78, 5) is 19.3. The maximum Gasteiger partial charge on any atom is 0.329 e. The van der Waals surface area contributed by atoms with Crippen LogP contribution in [0, 0.1) is 0 Å². The van der Waals surface area contributed by atoms with Crippen LogP contribution in [0.2, 0.25) is 0 Å². The van der Waals surface area contributed by atoms with Crippen molar-refractivity contribution in [1.29, 1.82) is 0 Å². The van der Waals surface area contributed by atoms with Crippen molar-refractivity contribution < 1.29 is 39.3 Å². The van der Waals surface area contributed by atoms with Crippen LogP contribution < -0.4 is 0 Å². The van der Waals surface area contributed by atoms with Crippen molar-refractivity contribution in [2.24, 2.45) is 0 Å². The number of aliphatic carboxylic acids is 2. The molecular formula is C8H10Cl2O4Zn. The fraction of sp³-hybridized carbons (Fsp3) is 0.250. The van der Waals surface area contributed by atoms with E-state index in [0.29, 0.717) is 0 Å². The second-order valence-electron chi connectivity index (χ2n) is 2.14. The van der Waals surface area contributed by atoms with E-state index in [1.807, 2.05) is 0 Å². The number of carbonyl (C=O) groups is 2. The maximum atomic E-state index is 9.65. The maximum absolute atomic E-state index is 9.65. The van der Waals surface area contributed by atoms with Crippen LogP contribution in [-0.2, 0) is 29.1 Å². The van der Waals surface area contributed by atoms with E-state index in [1.54, 1.807) is 0 Å². The van der Waals surface area contributed by atoms with Gasteiger partial charge >= 0.3 is 11.9 Å². The molecule has 0 atom stereocenters. The van der Waals surface area contributed by atoms with Gasteiger partial charge in [-0.05, 0) is 13.8 Å². The van der Waals surface area contributed by atoms with Crippen LogP contribution in [0.25, 0.3) is 0 Å². The van der Waals surface area contributed by atoms with E-state index in [9.17, 15) is 9.59 Å². The molecule has 0 saturated carbocycles. The van der Waals surface area contributed by atoms with Gasteiger partial charge in [0, 0.05) is 41.7 Å². The third-order valence-electron chi connectivity index (χ3n) is 0.645. The van der Waals surface area contributed by atoms with E-state index in [1.165, 1.54) is 13.8 Å². The molecule has 0 aromatic carbocycles. The van der Waals surface area contributed by atoms with Gasteiger partial charge in [-0.3, -0.25) is 0 Å². The molecular weight excluding hydrogens is 296 g/mol. The average Bonchev–Trinajstić information content (AvgIpc) is 1.79. The summed E-state index contributed by atoms with van der Waals surface area (Å²) in [6.07, 6.45) is 1.86. The second kappa shape index (κ2) is 11.7. The van der Waals surface area contributed by atoms with E-state index in [-0.39, 0.29) is 29.5 Å². The van der Waals surface area contributed by atoms with Crippen molar-refractivity contribution >= 4 is 35.1 Å². The molecule has 0 aliphatic rings. The Morgan fingerprint density at radius 3 is 1.13 bits per heavy atom. The predicted octanol–water partition coefficient (Wildman–Crippen LogP) is 2.42. The first-order valence-corrected chi connectivity index (χ1v) is 4.14. The normalized spacial score (nSPS) is 10.7. The number of rotatable bonds is 2. The van der Waals surface area contributed by atoms with Gasteiger partial charge in [0.2, 0.25) is 0 Å². The molecule has 82 valence electrons. The van der Waals surface area contributed by atoms with Gasteiger partial charge in [-0.1, -0.05) is 23.2 Å². The van der Waals surface area contributed by atoms with Crippen LogP contribution in [0.5, 0.6) is 0 Å². The Kier molecular flexibility index (Phi) is 15.7. The molecule has 7 heteroatoms. The average molecular weight is 306 g/mol. The number of allylic oxidation sites excluding steroid dienone is 2. The third-order valence-corrected chi connectivity index (χ3v) is 0.863. The van der Waals surface area contributed by atoms with Crippen molar-refractivity contribution in [1.82, 2.24) is 0 Å². The van der Waals surface area contributed by atoms with Crippen LogP contribution in [0.1, 0.15) is 13.8 Å². The summed E-state index contributed by atoms with van der Waals surface area (Å²) in [5.41, 5.74) is 0. The van der Waals surface area contributed by atoms with Gasteiger partial charge in [-0.25, -0.2) is 9.59 Å². The number of hydrogen-bond donors (Lipinski definition) is 2. The first-order valence-electron chi connectivity index (χ1n) is 3.39. The number of carboxylic acid groups (broad SMARTS) is 2. The Morgan fingerprint density at radius 2 is 1.13 bits per heavy atom. The largest absolute Gasteiger partial charge is 0.478 e. The van der Waals surface area contributed by atoms with Crippen molar-refractivity contribution in [2.75, 3.05) is 0 Å². The van der Waals surface area contributed by atoms with Crippen molar-refractivity contribution in [3.8, 4) is 0 Å². The zero-order chi connectivity index (χ0) is 11.7. The molecule has 0 spiro atoms. The smallest absolute Gasteiger partial charge is 0.329 e. The van der Waals surface area contributed by atoms with Crippen LogP contribution >= 0.6 is 23.2 Å². The van der Waals surface area contributed by atoms with Crippen LogP contribution in [0.3, 0.4) is 0 Å². The minimum Gasteiger partial charge on any atom is -0.478 e. The molecule has 0 fully saturated rings. The minimum absolute atomic E-state index is 0. The summed E-state index contributed by atoms with van der Waals surface area (Å²) < 4.78 is 0. The Hall–Kier alpha value is -0.377. The van der Waals surface area contributed by atoms with Crippen LogP contribution in [-0.4, -0.2) is 22.2 Å². The summed E-state index contributed by atoms with van der Waals surface area (Å²) in [5, 5.41) is 16.4. The van der Waals surface area contributed by atoms with Crippen molar-refractivity contribution in [3.63, 3.8) is 0 Å². The standard InChI is InChI=1S/2C4H5ClO2.Zn/c2*1-3(5)2-4(6)7;/h2*2H,1H3,(H,6,7);/b2*3-2-;. The fourth-order valence-corrected chi connectivity index (χ4v) is 0.527. The summed E-state index contributed by atoms with van der Waals surface area (Å²) in [6, 6.07) is 0. The molecule has 0 bridgehead atoms. The SMILES string of the molecule is C/C(Cl)=C/C(=O)O.C/C(Cl)=C/C(=O)O.[Zn]. The molecule has 0 aliphatic carbocycles. The van der Waals surface area contributed by atoms with Crippen LogP contribution in [0.4, 0.5) is 0 Å². The van der Waals surface area contributed by atoms with Gasteiger partial charge in [-0.2, -0.15) is 0 Å². The van der Waals surface area contributed by atoms with Crippen LogP contribution in [0.15, 0.2) is 22.2 Å². The summed E-state index contributed by atoms with van der Waals surface area (Å²) >= 11 is 10.3. The fourth-order valence-electron chi connectivity index (χ4n) is 0.340. The summed E-state index contributed by atoms with van der Waals surface area (Å²) in [7, 11) is 0. The van der Waals surface area contributed by atoms with E-state index in [2.05, 4.69) is 0 Å². The molecule has 15 heavy (non-hydrogen) atoms. The number of carboxylic acids is 2. The predicted molar refractivity (Wildman–Crippen MR) is 54.5 cm³/mol. The minimum atomic E-state index is -1.01. The van der Waals surface area contributed by atoms with Gasteiger partial charge in [0.25, 0.3) is 0 Å². The molecule has 0 saturated heterocycles. The second-order valence-corrected chi connectivity index (χ2v) is 3.33. The molecule has 0 heterocycles. The third kappa shape index (κ3) is 31.7. The first-order chi connectivity index (χ1) is 6.25. The zero-order valence-corrected chi connectivity index (χ0v) is 12.8. The Bertz CT molecular complexity index is 238. The van der Waals surface area contributed by atoms with Crippen molar-refractivity contribution in [3.05, 3.63) is 22.2 Å². The summed E-state index contributed by atoms with van der Waals surface area (Å²) in [5.74, 6) is -2.01. The van der Waals surface area contributed by atoms with Gasteiger partial charge in [-0.15, -0.1) is 0 Å². The topological polar surface area (TPSA) is 74.6 Å². The summed E-state index contributed by atoms with van der Waals surface area (Å²) in [6.45, 7) is 3.02. The Balaban J connectivity index is -0.000000180. The molecule has 0 radical (unpaired) electrons.